The van der Waals surface area contributed by atoms with Crippen LogP contribution in [0.15, 0.2) is 0 Å². The van der Waals surface area contributed by atoms with Gasteiger partial charge in [-0.25, -0.2) is 4.79 Å². The van der Waals surface area contributed by atoms with Gasteiger partial charge in [-0.1, -0.05) is 0 Å². The molecule has 2 fully saturated rings. The molecule has 0 spiro atoms. The number of piperazine rings is 1. The number of carbonyl (C=O) groups is 2. The van der Waals surface area contributed by atoms with Gasteiger partial charge >= 0.3 is 6.09 Å². The number of carbonyl (C=O) groups excluding carboxylic acids is 2. The van der Waals surface area contributed by atoms with Crippen LogP contribution < -0.4 is 0 Å². The van der Waals surface area contributed by atoms with Gasteiger partial charge in [0.25, 0.3) is 0 Å². The van der Waals surface area contributed by atoms with Crippen molar-refractivity contribution in [2.75, 3.05) is 45.9 Å². The van der Waals surface area contributed by atoms with E-state index in [4.69, 9.17) is 9.47 Å². The smallest absolute Gasteiger partial charge is 0.410 e. The standard InChI is InChI=1S/C17H31N3O4/c1-13-10-18(6-7-20(13)16(22)24-17(3,4)5)12-15(21)19-8-9-23-14(2)11-19/h13-14H,6-12H2,1-5H3/t13-,14+/m0/s1. The number of ether oxygens (including phenoxy) is 2. The van der Waals surface area contributed by atoms with E-state index in [1.807, 2.05) is 39.5 Å². The van der Waals surface area contributed by atoms with Crippen molar-refractivity contribution in [3.8, 4) is 0 Å². The first-order valence-corrected chi connectivity index (χ1v) is 8.77. The van der Waals surface area contributed by atoms with Crippen LogP contribution in [0.25, 0.3) is 0 Å². The lowest BCUT2D eigenvalue weighted by Gasteiger charge is -2.40. The van der Waals surface area contributed by atoms with Crippen molar-refractivity contribution in [3.05, 3.63) is 0 Å². The fourth-order valence-corrected chi connectivity index (χ4v) is 3.10. The lowest BCUT2D eigenvalue weighted by molar-refractivity contribution is -0.139. The fourth-order valence-electron chi connectivity index (χ4n) is 3.10. The molecule has 0 N–H and O–H groups in total. The van der Waals surface area contributed by atoms with E-state index in [0.717, 1.165) is 0 Å². The van der Waals surface area contributed by atoms with Crippen molar-refractivity contribution in [1.29, 1.82) is 0 Å². The first-order chi connectivity index (χ1) is 11.2. The van der Waals surface area contributed by atoms with Crippen LogP contribution >= 0.6 is 0 Å². The van der Waals surface area contributed by atoms with Crippen molar-refractivity contribution >= 4 is 12.0 Å². The van der Waals surface area contributed by atoms with Crippen LogP contribution in [0, 0.1) is 0 Å². The predicted octanol–water partition coefficient (Wildman–Crippen LogP) is 1.17. The molecule has 0 radical (unpaired) electrons. The maximum Gasteiger partial charge on any atom is 0.410 e. The molecule has 0 aromatic heterocycles. The van der Waals surface area contributed by atoms with Gasteiger partial charge in [-0.05, 0) is 34.6 Å². The summed E-state index contributed by atoms with van der Waals surface area (Å²) in [7, 11) is 0. The summed E-state index contributed by atoms with van der Waals surface area (Å²) in [5, 5.41) is 0. The zero-order chi connectivity index (χ0) is 17.9. The number of hydrogen-bond donors (Lipinski definition) is 0. The van der Waals surface area contributed by atoms with Gasteiger partial charge in [0.05, 0.1) is 19.3 Å². The zero-order valence-electron chi connectivity index (χ0n) is 15.6. The average molecular weight is 341 g/mol. The second kappa shape index (κ2) is 7.70. The highest BCUT2D eigenvalue weighted by Gasteiger charge is 2.32. The molecule has 7 heteroatoms. The molecule has 7 nitrogen and oxygen atoms in total. The summed E-state index contributed by atoms with van der Waals surface area (Å²) in [5.41, 5.74) is -0.489. The van der Waals surface area contributed by atoms with Crippen molar-refractivity contribution in [2.24, 2.45) is 0 Å². The third-order valence-corrected chi connectivity index (χ3v) is 4.29. The highest BCUT2D eigenvalue weighted by molar-refractivity contribution is 5.78. The molecule has 0 aromatic carbocycles. The van der Waals surface area contributed by atoms with Crippen molar-refractivity contribution in [1.82, 2.24) is 14.7 Å². The second-order valence-electron chi connectivity index (χ2n) is 7.78. The van der Waals surface area contributed by atoms with Crippen LogP contribution in [0.1, 0.15) is 34.6 Å². The molecule has 24 heavy (non-hydrogen) atoms. The van der Waals surface area contributed by atoms with E-state index in [-0.39, 0.29) is 24.1 Å². The van der Waals surface area contributed by atoms with E-state index in [1.165, 1.54) is 0 Å². The van der Waals surface area contributed by atoms with E-state index in [9.17, 15) is 9.59 Å². The van der Waals surface area contributed by atoms with Crippen LogP contribution in [0.3, 0.4) is 0 Å². The fraction of sp³-hybridized carbons (Fsp3) is 0.882. The van der Waals surface area contributed by atoms with Crippen molar-refractivity contribution in [2.45, 2.75) is 52.4 Å². The van der Waals surface area contributed by atoms with Gasteiger partial charge in [0, 0.05) is 38.8 Å². The van der Waals surface area contributed by atoms with E-state index in [0.29, 0.717) is 45.9 Å². The Kier molecular flexibility index (Phi) is 6.09. The van der Waals surface area contributed by atoms with Gasteiger partial charge in [0.2, 0.25) is 5.91 Å². The molecular formula is C17H31N3O4. The number of morpholine rings is 1. The van der Waals surface area contributed by atoms with Crippen molar-refractivity contribution in [3.63, 3.8) is 0 Å². The molecule has 0 aliphatic carbocycles. The number of hydrogen-bond acceptors (Lipinski definition) is 5. The molecule has 2 amide bonds. The molecule has 2 saturated heterocycles. The van der Waals surface area contributed by atoms with Gasteiger partial charge < -0.3 is 19.3 Å². The summed E-state index contributed by atoms with van der Waals surface area (Å²) >= 11 is 0. The molecule has 0 aromatic rings. The Morgan fingerprint density at radius 2 is 1.83 bits per heavy atom. The Balaban J connectivity index is 1.82. The van der Waals surface area contributed by atoms with E-state index >= 15 is 0 Å². The van der Waals surface area contributed by atoms with Crippen LogP contribution in [0.2, 0.25) is 0 Å². The number of nitrogens with zero attached hydrogens (tertiary/aromatic N) is 3. The maximum absolute atomic E-state index is 12.4. The zero-order valence-corrected chi connectivity index (χ0v) is 15.6. The number of rotatable bonds is 2. The minimum atomic E-state index is -0.489. The summed E-state index contributed by atoms with van der Waals surface area (Å²) in [6.07, 6.45) is -0.173. The predicted molar refractivity (Wildman–Crippen MR) is 90.8 cm³/mol. The monoisotopic (exact) mass is 341 g/mol. The first-order valence-electron chi connectivity index (χ1n) is 8.77. The van der Waals surface area contributed by atoms with Crippen LogP contribution in [0.5, 0.6) is 0 Å². The van der Waals surface area contributed by atoms with Gasteiger partial charge in [0.15, 0.2) is 0 Å². The van der Waals surface area contributed by atoms with Crippen LogP contribution in [-0.4, -0.2) is 90.3 Å². The third kappa shape index (κ3) is 5.34. The molecule has 0 saturated carbocycles. The molecule has 2 rings (SSSR count). The SMILES string of the molecule is C[C@@H]1CN(C(=O)CN2CCN(C(=O)OC(C)(C)C)[C@@H](C)C2)CCO1. The van der Waals surface area contributed by atoms with Crippen LogP contribution in [-0.2, 0) is 14.3 Å². The number of amides is 2. The largest absolute Gasteiger partial charge is 0.444 e. The summed E-state index contributed by atoms with van der Waals surface area (Å²) in [6, 6.07) is 0.0324. The van der Waals surface area contributed by atoms with E-state index in [1.54, 1.807) is 4.90 Å². The quantitative estimate of drug-likeness (QED) is 0.755. The topological polar surface area (TPSA) is 62.3 Å². The normalized spacial score (nSPS) is 26.4. The highest BCUT2D eigenvalue weighted by atomic mass is 16.6. The maximum atomic E-state index is 12.4. The lowest BCUT2D eigenvalue weighted by Crippen LogP contribution is -2.57. The third-order valence-electron chi connectivity index (χ3n) is 4.29. The van der Waals surface area contributed by atoms with Crippen molar-refractivity contribution < 1.29 is 19.1 Å². The molecule has 2 aliphatic rings. The minimum Gasteiger partial charge on any atom is -0.444 e. The second-order valence-corrected chi connectivity index (χ2v) is 7.78. The molecule has 2 heterocycles. The molecular weight excluding hydrogens is 310 g/mol. The summed E-state index contributed by atoms with van der Waals surface area (Å²) in [6.45, 7) is 13.9. The molecule has 138 valence electrons. The minimum absolute atomic E-state index is 0.0324. The molecule has 2 aliphatic heterocycles. The van der Waals surface area contributed by atoms with Gasteiger partial charge in [0.1, 0.15) is 5.60 Å². The van der Waals surface area contributed by atoms with Gasteiger partial charge in [-0.3, -0.25) is 9.69 Å². The van der Waals surface area contributed by atoms with E-state index in [2.05, 4.69) is 4.90 Å². The highest BCUT2D eigenvalue weighted by Crippen LogP contribution is 2.16. The Morgan fingerprint density at radius 3 is 2.42 bits per heavy atom. The first kappa shape index (κ1) is 19.0. The average Bonchev–Trinajstić information content (AvgIpc) is 2.45. The van der Waals surface area contributed by atoms with Crippen LogP contribution in [0.4, 0.5) is 4.79 Å². The molecule has 2 atom stereocenters. The van der Waals surface area contributed by atoms with E-state index < -0.39 is 5.60 Å². The lowest BCUT2D eigenvalue weighted by atomic mass is 10.2. The van der Waals surface area contributed by atoms with Gasteiger partial charge in [-0.15, -0.1) is 0 Å². The molecule has 0 bridgehead atoms. The summed E-state index contributed by atoms with van der Waals surface area (Å²) < 4.78 is 10.9. The summed E-state index contributed by atoms with van der Waals surface area (Å²) in [4.78, 5) is 30.4. The summed E-state index contributed by atoms with van der Waals surface area (Å²) in [5.74, 6) is 0.142. The van der Waals surface area contributed by atoms with Gasteiger partial charge in [-0.2, -0.15) is 0 Å². The Morgan fingerprint density at radius 1 is 1.12 bits per heavy atom. The Hall–Kier alpha value is -1.34. The Bertz CT molecular complexity index is 463. The Labute approximate surface area is 144 Å². The molecule has 0 unspecified atom stereocenters.